The van der Waals surface area contributed by atoms with Crippen LogP contribution in [0.25, 0.3) is 0 Å². The molecular formula is C14H18O2. The molecule has 2 saturated carbocycles. The molecule has 2 heteroatoms. The molecule has 0 aliphatic heterocycles. The Morgan fingerprint density at radius 2 is 1.94 bits per heavy atom. The molecule has 1 aromatic carbocycles. The van der Waals surface area contributed by atoms with E-state index < -0.39 is 0 Å². The van der Waals surface area contributed by atoms with Gasteiger partial charge in [0.2, 0.25) is 0 Å². The van der Waals surface area contributed by atoms with E-state index in [2.05, 4.69) is 0 Å². The van der Waals surface area contributed by atoms with E-state index in [9.17, 15) is 0 Å². The van der Waals surface area contributed by atoms with Gasteiger partial charge in [-0.1, -0.05) is 12.1 Å². The zero-order valence-electron chi connectivity index (χ0n) is 9.43. The molecule has 0 aromatic heterocycles. The van der Waals surface area contributed by atoms with E-state index in [1.54, 1.807) is 0 Å². The molecule has 0 amide bonds. The Balaban J connectivity index is 1.65. The first-order valence-electron chi connectivity index (χ1n) is 6.21. The van der Waals surface area contributed by atoms with Crippen LogP contribution in [0.2, 0.25) is 0 Å². The van der Waals surface area contributed by atoms with Gasteiger partial charge in [-0.05, 0) is 55.2 Å². The molecule has 1 aromatic rings. The highest BCUT2D eigenvalue weighted by atomic mass is 16.5. The first-order valence-corrected chi connectivity index (χ1v) is 6.21. The van der Waals surface area contributed by atoms with Crippen LogP contribution in [0.1, 0.15) is 31.2 Å². The predicted molar refractivity (Wildman–Crippen MR) is 62.2 cm³/mol. The van der Waals surface area contributed by atoms with Gasteiger partial charge in [-0.25, -0.2) is 0 Å². The maximum Gasteiger partial charge on any atom is 0.119 e. The first kappa shape index (κ1) is 10.2. The lowest BCUT2D eigenvalue weighted by Gasteiger charge is -2.23. The molecule has 0 radical (unpaired) electrons. The van der Waals surface area contributed by atoms with Crippen molar-refractivity contribution in [2.75, 3.05) is 0 Å². The minimum atomic E-state index is 0.106. The summed E-state index contributed by atoms with van der Waals surface area (Å²) in [7, 11) is 0. The standard InChI is InChI=1S/C14H18O2/c15-9-10-2-5-13(6-3-10)16-14-8-11-1-4-12(14)7-11/h2-3,5-6,11-12,14-15H,1,4,7-9H2. The summed E-state index contributed by atoms with van der Waals surface area (Å²) < 4.78 is 6.03. The smallest absolute Gasteiger partial charge is 0.119 e. The molecule has 3 unspecified atom stereocenters. The van der Waals surface area contributed by atoms with Gasteiger partial charge in [-0.2, -0.15) is 0 Å². The van der Waals surface area contributed by atoms with Crippen LogP contribution in [0.5, 0.6) is 5.75 Å². The van der Waals surface area contributed by atoms with Gasteiger partial charge >= 0.3 is 0 Å². The number of benzene rings is 1. The van der Waals surface area contributed by atoms with Crippen LogP contribution in [-0.4, -0.2) is 11.2 Å². The third-order valence-corrected chi connectivity index (χ3v) is 4.07. The Labute approximate surface area is 96.2 Å². The molecule has 2 bridgehead atoms. The Bertz CT molecular complexity index is 358. The van der Waals surface area contributed by atoms with E-state index in [0.29, 0.717) is 6.10 Å². The largest absolute Gasteiger partial charge is 0.490 e. The van der Waals surface area contributed by atoms with Crippen LogP contribution in [0.15, 0.2) is 24.3 Å². The quantitative estimate of drug-likeness (QED) is 0.845. The molecule has 0 saturated heterocycles. The second-order valence-electron chi connectivity index (χ2n) is 5.13. The molecular weight excluding hydrogens is 200 g/mol. The van der Waals surface area contributed by atoms with Crippen molar-refractivity contribution in [3.05, 3.63) is 29.8 Å². The van der Waals surface area contributed by atoms with Gasteiger partial charge in [0, 0.05) is 0 Å². The van der Waals surface area contributed by atoms with E-state index >= 15 is 0 Å². The second-order valence-corrected chi connectivity index (χ2v) is 5.13. The molecule has 16 heavy (non-hydrogen) atoms. The maximum atomic E-state index is 8.96. The minimum absolute atomic E-state index is 0.106. The van der Waals surface area contributed by atoms with Crippen molar-refractivity contribution in [1.82, 2.24) is 0 Å². The number of aliphatic hydroxyl groups excluding tert-OH is 1. The topological polar surface area (TPSA) is 29.5 Å². The Morgan fingerprint density at radius 1 is 1.12 bits per heavy atom. The molecule has 3 atom stereocenters. The summed E-state index contributed by atoms with van der Waals surface area (Å²) in [6.45, 7) is 0.106. The minimum Gasteiger partial charge on any atom is -0.490 e. The zero-order valence-corrected chi connectivity index (χ0v) is 9.43. The van der Waals surface area contributed by atoms with Crippen molar-refractivity contribution in [3.8, 4) is 5.75 Å². The second kappa shape index (κ2) is 4.10. The number of aliphatic hydroxyl groups is 1. The number of ether oxygens (including phenoxy) is 1. The van der Waals surface area contributed by atoms with Crippen molar-refractivity contribution in [1.29, 1.82) is 0 Å². The molecule has 2 nitrogen and oxygen atoms in total. The normalized spacial score (nSPS) is 31.9. The third-order valence-electron chi connectivity index (χ3n) is 4.07. The van der Waals surface area contributed by atoms with Crippen LogP contribution >= 0.6 is 0 Å². The number of fused-ring (bicyclic) bond motifs is 2. The highest BCUT2D eigenvalue weighted by molar-refractivity contribution is 5.27. The molecule has 0 heterocycles. The van der Waals surface area contributed by atoms with Gasteiger partial charge in [0.05, 0.1) is 6.61 Å². The van der Waals surface area contributed by atoms with Gasteiger partial charge in [-0.3, -0.25) is 0 Å². The molecule has 2 aliphatic rings. The lowest BCUT2D eigenvalue weighted by atomic mass is 9.98. The van der Waals surface area contributed by atoms with Crippen molar-refractivity contribution in [2.45, 2.75) is 38.4 Å². The number of rotatable bonds is 3. The lowest BCUT2D eigenvalue weighted by molar-refractivity contribution is 0.138. The fourth-order valence-corrected chi connectivity index (χ4v) is 3.18. The van der Waals surface area contributed by atoms with Crippen molar-refractivity contribution in [2.24, 2.45) is 11.8 Å². The van der Waals surface area contributed by atoms with Gasteiger partial charge < -0.3 is 9.84 Å². The predicted octanol–water partition coefficient (Wildman–Crippen LogP) is 2.75. The SMILES string of the molecule is OCc1ccc(OC2CC3CCC2C3)cc1. The van der Waals surface area contributed by atoms with Crippen LogP contribution in [0.4, 0.5) is 0 Å². The molecule has 1 N–H and O–H groups in total. The van der Waals surface area contributed by atoms with Crippen LogP contribution in [0.3, 0.4) is 0 Å². The van der Waals surface area contributed by atoms with E-state index in [-0.39, 0.29) is 6.61 Å². The van der Waals surface area contributed by atoms with Crippen LogP contribution in [0, 0.1) is 11.8 Å². The molecule has 2 fully saturated rings. The average molecular weight is 218 g/mol. The molecule has 0 spiro atoms. The molecule has 3 rings (SSSR count). The highest BCUT2D eigenvalue weighted by Gasteiger charge is 2.40. The summed E-state index contributed by atoms with van der Waals surface area (Å²) in [6, 6.07) is 7.81. The first-order chi connectivity index (χ1) is 7.85. The van der Waals surface area contributed by atoms with E-state index in [4.69, 9.17) is 9.84 Å². The highest BCUT2D eigenvalue weighted by Crippen LogP contribution is 2.45. The molecule has 2 aliphatic carbocycles. The fourth-order valence-electron chi connectivity index (χ4n) is 3.18. The zero-order chi connectivity index (χ0) is 11.0. The summed E-state index contributed by atoms with van der Waals surface area (Å²) in [5.41, 5.74) is 0.945. The summed E-state index contributed by atoms with van der Waals surface area (Å²) in [4.78, 5) is 0. The maximum absolute atomic E-state index is 8.96. The van der Waals surface area contributed by atoms with Gasteiger partial charge in [0.15, 0.2) is 0 Å². The number of hydrogen-bond acceptors (Lipinski definition) is 2. The fraction of sp³-hybridized carbons (Fsp3) is 0.571. The van der Waals surface area contributed by atoms with E-state index in [1.165, 1.54) is 25.7 Å². The Kier molecular flexibility index (Phi) is 2.60. The molecule has 86 valence electrons. The van der Waals surface area contributed by atoms with Crippen molar-refractivity contribution >= 4 is 0 Å². The third kappa shape index (κ3) is 1.82. The van der Waals surface area contributed by atoms with Gasteiger partial charge in [0.1, 0.15) is 11.9 Å². The summed E-state index contributed by atoms with van der Waals surface area (Å²) >= 11 is 0. The lowest BCUT2D eigenvalue weighted by Crippen LogP contribution is -2.23. The van der Waals surface area contributed by atoms with Crippen molar-refractivity contribution < 1.29 is 9.84 Å². The van der Waals surface area contributed by atoms with Gasteiger partial charge in [-0.15, -0.1) is 0 Å². The summed E-state index contributed by atoms with van der Waals surface area (Å²) in [5, 5.41) is 8.96. The summed E-state index contributed by atoms with van der Waals surface area (Å²) in [5.74, 6) is 2.67. The Hall–Kier alpha value is -1.02. The van der Waals surface area contributed by atoms with E-state index in [1.807, 2.05) is 24.3 Å². The van der Waals surface area contributed by atoms with Crippen LogP contribution < -0.4 is 4.74 Å². The van der Waals surface area contributed by atoms with Crippen molar-refractivity contribution in [3.63, 3.8) is 0 Å². The average Bonchev–Trinajstić information content (AvgIpc) is 2.92. The van der Waals surface area contributed by atoms with E-state index in [0.717, 1.165) is 23.1 Å². The van der Waals surface area contributed by atoms with Crippen LogP contribution in [-0.2, 0) is 6.61 Å². The number of hydrogen-bond donors (Lipinski definition) is 1. The summed E-state index contributed by atoms with van der Waals surface area (Å²) in [6.07, 6.45) is 5.82. The monoisotopic (exact) mass is 218 g/mol. The van der Waals surface area contributed by atoms with Gasteiger partial charge in [0.25, 0.3) is 0 Å². The Morgan fingerprint density at radius 3 is 2.50 bits per heavy atom.